The summed E-state index contributed by atoms with van der Waals surface area (Å²) in [5, 5.41) is 11.2. The van der Waals surface area contributed by atoms with E-state index in [4.69, 9.17) is 9.47 Å². The van der Waals surface area contributed by atoms with Crippen LogP contribution in [0.4, 0.5) is 11.6 Å². The molecule has 3 aromatic rings. The number of H-pyrrole nitrogens is 1. The van der Waals surface area contributed by atoms with E-state index in [0.717, 1.165) is 6.42 Å². The maximum atomic E-state index is 12.4. The number of aromatic nitrogens is 3. The molecule has 2 aromatic carbocycles. The standard InChI is InChI=1S/C19H20N4O3/c1-3-12-26-16-7-5-4-6-15(16)20-19-21-18(24)17(22-23-19)13-8-10-14(25-2)11-9-13/h4-11H,3,12H2,1-2H3,(H2,20,21,23,24). The first kappa shape index (κ1) is 17.5. The van der Waals surface area contributed by atoms with Gasteiger partial charge < -0.3 is 14.8 Å². The van der Waals surface area contributed by atoms with Crippen LogP contribution in [0.2, 0.25) is 0 Å². The van der Waals surface area contributed by atoms with Crippen LogP contribution in [0.15, 0.2) is 53.3 Å². The Morgan fingerprint density at radius 3 is 2.54 bits per heavy atom. The minimum Gasteiger partial charge on any atom is -0.497 e. The van der Waals surface area contributed by atoms with Gasteiger partial charge in [0.15, 0.2) is 5.69 Å². The number of hydrogen-bond donors (Lipinski definition) is 2. The first-order chi connectivity index (χ1) is 12.7. The molecule has 0 atom stereocenters. The zero-order chi connectivity index (χ0) is 18.4. The third-order valence-corrected chi connectivity index (χ3v) is 3.66. The largest absolute Gasteiger partial charge is 0.497 e. The van der Waals surface area contributed by atoms with Crippen molar-refractivity contribution in [3.05, 3.63) is 58.9 Å². The Balaban J connectivity index is 1.83. The van der Waals surface area contributed by atoms with Crippen LogP contribution in [-0.4, -0.2) is 28.9 Å². The van der Waals surface area contributed by atoms with Crippen molar-refractivity contribution in [3.63, 3.8) is 0 Å². The molecule has 1 heterocycles. The quantitative estimate of drug-likeness (QED) is 0.678. The third kappa shape index (κ3) is 4.00. The van der Waals surface area contributed by atoms with E-state index < -0.39 is 0 Å². The molecule has 0 saturated carbocycles. The normalized spacial score (nSPS) is 10.4. The topological polar surface area (TPSA) is 89.1 Å². The summed E-state index contributed by atoms with van der Waals surface area (Å²) in [7, 11) is 1.59. The molecule has 7 heteroatoms. The van der Waals surface area contributed by atoms with Gasteiger partial charge in [-0.1, -0.05) is 19.1 Å². The van der Waals surface area contributed by atoms with Crippen molar-refractivity contribution in [1.82, 2.24) is 15.2 Å². The van der Waals surface area contributed by atoms with E-state index >= 15 is 0 Å². The minimum absolute atomic E-state index is 0.244. The Kier molecular flexibility index (Phi) is 5.48. The van der Waals surface area contributed by atoms with Crippen molar-refractivity contribution >= 4 is 11.6 Å². The highest BCUT2D eigenvalue weighted by molar-refractivity contribution is 5.63. The number of benzene rings is 2. The van der Waals surface area contributed by atoms with Crippen LogP contribution in [0.3, 0.4) is 0 Å². The van der Waals surface area contributed by atoms with Crippen LogP contribution in [0.1, 0.15) is 13.3 Å². The van der Waals surface area contributed by atoms with Crippen molar-refractivity contribution in [2.75, 3.05) is 19.0 Å². The van der Waals surface area contributed by atoms with Crippen LogP contribution in [-0.2, 0) is 0 Å². The lowest BCUT2D eigenvalue weighted by molar-refractivity contribution is 0.319. The molecule has 3 rings (SSSR count). The number of ether oxygens (including phenoxy) is 2. The molecule has 0 spiro atoms. The molecule has 1 aromatic heterocycles. The van der Waals surface area contributed by atoms with E-state index in [1.807, 2.05) is 31.2 Å². The maximum absolute atomic E-state index is 12.4. The van der Waals surface area contributed by atoms with Gasteiger partial charge in [-0.15, -0.1) is 10.2 Å². The highest BCUT2D eigenvalue weighted by Crippen LogP contribution is 2.26. The predicted molar refractivity (Wildman–Crippen MR) is 100 cm³/mol. The minimum atomic E-state index is -0.334. The third-order valence-electron chi connectivity index (χ3n) is 3.66. The van der Waals surface area contributed by atoms with Gasteiger partial charge in [0.25, 0.3) is 5.56 Å². The molecule has 0 aliphatic heterocycles. The molecule has 0 radical (unpaired) electrons. The van der Waals surface area contributed by atoms with Crippen LogP contribution >= 0.6 is 0 Å². The molecule has 0 fully saturated rings. The summed E-state index contributed by atoms with van der Waals surface area (Å²) in [5.41, 5.74) is 1.29. The molecule has 134 valence electrons. The second-order valence-corrected chi connectivity index (χ2v) is 5.55. The van der Waals surface area contributed by atoms with Crippen LogP contribution in [0.5, 0.6) is 11.5 Å². The Labute approximate surface area is 151 Å². The summed E-state index contributed by atoms with van der Waals surface area (Å²) in [6.45, 7) is 2.65. The maximum Gasteiger partial charge on any atom is 0.279 e. The molecule has 0 aliphatic carbocycles. The first-order valence-corrected chi connectivity index (χ1v) is 8.31. The Hall–Kier alpha value is -3.35. The molecule has 26 heavy (non-hydrogen) atoms. The van der Waals surface area contributed by atoms with Crippen LogP contribution < -0.4 is 20.3 Å². The van der Waals surface area contributed by atoms with Crippen LogP contribution in [0, 0.1) is 0 Å². The van der Waals surface area contributed by atoms with E-state index in [1.54, 1.807) is 31.4 Å². The lowest BCUT2D eigenvalue weighted by atomic mass is 10.1. The summed E-state index contributed by atoms with van der Waals surface area (Å²) in [6, 6.07) is 14.5. The van der Waals surface area contributed by atoms with E-state index in [0.29, 0.717) is 29.4 Å². The monoisotopic (exact) mass is 352 g/mol. The van der Waals surface area contributed by atoms with Gasteiger partial charge in [0.2, 0.25) is 5.95 Å². The second kappa shape index (κ2) is 8.15. The number of para-hydroxylation sites is 2. The summed E-state index contributed by atoms with van der Waals surface area (Å²) < 4.78 is 10.8. The highest BCUT2D eigenvalue weighted by atomic mass is 16.5. The SMILES string of the molecule is CCCOc1ccccc1Nc1nnc(-c2ccc(OC)cc2)c(=O)[nH]1. The Bertz CT molecular complexity index is 923. The molecule has 0 unspecified atom stereocenters. The zero-order valence-corrected chi connectivity index (χ0v) is 14.7. The fourth-order valence-electron chi connectivity index (χ4n) is 2.37. The first-order valence-electron chi connectivity index (χ1n) is 8.31. The molecular formula is C19H20N4O3. The number of rotatable bonds is 7. The molecule has 7 nitrogen and oxygen atoms in total. The number of aromatic amines is 1. The van der Waals surface area contributed by atoms with Gasteiger partial charge in [-0.25, -0.2) is 0 Å². The molecule has 2 N–H and O–H groups in total. The predicted octanol–water partition coefficient (Wildman–Crippen LogP) is 3.37. The van der Waals surface area contributed by atoms with Gasteiger partial charge in [-0.2, -0.15) is 0 Å². The van der Waals surface area contributed by atoms with Gasteiger partial charge >= 0.3 is 0 Å². The van der Waals surface area contributed by atoms with Gasteiger partial charge in [-0.3, -0.25) is 9.78 Å². The van der Waals surface area contributed by atoms with Crippen molar-refractivity contribution in [3.8, 4) is 22.8 Å². The Morgan fingerprint density at radius 1 is 1.08 bits per heavy atom. The lowest BCUT2D eigenvalue weighted by Crippen LogP contribution is -2.15. The van der Waals surface area contributed by atoms with E-state index in [-0.39, 0.29) is 17.2 Å². The molecule has 0 saturated heterocycles. The molecular weight excluding hydrogens is 332 g/mol. The summed E-state index contributed by atoms with van der Waals surface area (Å²) in [4.78, 5) is 15.1. The van der Waals surface area contributed by atoms with Crippen LogP contribution in [0.25, 0.3) is 11.3 Å². The number of methoxy groups -OCH3 is 1. The Morgan fingerprint density at radius 2 is 1.85 bits per heavy atom. The average molecular weight is 352 g/mol. The summed E-state index contributed by atoms with van der Waals surface area (Å²) in [6.07, 6.45) is 0.904. The number of nitrogens with zero attached hydrogens (tertiary/aromatic N) is 2. The number of anilines is 2. The van der Waals surface area contributed by atoms with Gasteiger partial charge in [0.1, 0.15) is 11.5 Å². The summed E-state index contributed by atoms with van der Waals surface area (Å²) >= 11 is 0. The summed E-state index contributed by atoms with van der Waals surface area (Å²) in [5.74, 6) is 1.65. The van der Waals surface area contributed by atoms with E-state index in [2.05, 4.69) is 20.5 Å². The smallest absolute Gasteiger partial charge is 0.279 e. The van der Waals surface area contributed by atoms with E-state index in [9.17, 15) is 4.79 Å². The van der Waals surface area contributed by atoms with Gasteiger partial charge in [0.05, 0.1) is 19.4 Å². The van der Waals surface area contributed by atoms with E-state index in [1.165, 1.54) is 0 Å². The second-order valence-electron chi connectivity index (χ2n) is 5.55. The number of nitrogens with one attached hydrogen (secondary N) is 2. The van der Waals surface area contributed by atoms with Crippen molar-refractivity contribution < 1.29 is 9.47 Å². The molecule has 0 amide bonds. The lowest BCUT2D eigenvalue weighted by Gasteiger charge is -2.11. The fraction of sp³-hybridized carbons (Fsp3) is 0.211. The number of hydrogen-bond acceptors (Lipinski definition) is 6. The highest BCUT2D eigenvalue weighted by Gasteiger charge is 2.10. The van der Waals surface area contributed by atoms with Gasteiger partial charge in [0, 0.05) is 5.56 Å². The fourth-order valence-corrected chi connectivity index (χ4v) is 2.37. The van der Waals surface area contributed by atoms with Crippen molar-refractivity contribution in [2.45, 2.75) is 13.3 Å². The van der Waals surface area contributed by atoms with Crippen molar-refractivity contribution in [1.29, 1.82) is 0 Å². The van der Waals surface area contributed by atoms with Crippen molar-refractivity contribution in [2.24, 2.45) is 0 Å². The molecule has 0 bridgehead atoms. The zero-order valence-electron chi connectivity index (χ0n) is 14.7. The van der Waals surface area contributed by atoms with Gasteiger partial charge in [-0.05, 0) is 42.8 Å². The molecule has 0 aliphatic rings. The average Bonchev–Trinajstić information content (AvgIpc) is 2.68.